The molecule has 1 aromatic rings. The van der Waals surface area contributed by atoms with Crippen molar-refractivity contribution in [1.82, 2.24) is 0 Å². The third kappa shape index (κ3) is 6.04. The van der Waals surface area contributed by atoms with Gasteiger partial charge >= 0.3 is 11.9 Å². The van der Waals surface area contributed by atoms with Crippen molar-refractivity contribution in [1.29, 1.82) is 0 Å². The maximum absolute atomic E-state index is 12.2. The van der Waals surface area contributed by atoms with E-state index in [0.717, 1.165) is 0 Å². The Labute approximate surface area is 162 Å². The van der Waals surface area contributed by atoms with E-state index in [9.17, 15) is 14.4 Å². The molecule has 0 aliphatic rings. The Kier molecular flexibility index (Phi) is 8.61. The summed E-state index contributed by atoms with van der Waals surface area (Å²) in [7, 11) is 0. The Hall–Kier alpha value is -2.05. The van der Waals surface area contributed by atoms with Crippen LogP contribution in [0, 0.1) is 0 Å². The summed E-state index contributed by atoms with van der Waals surface area (Å²) in [6.45, 7) is 6.69. The third-order valence-corrected chi connectivity index (χ3v) is 3.75. The van der Waals surface area contributed by atoms with Crippen LogP contribution in [0.2, 0.25) is 10.0 Å². The molecule has 0 saturated carbocycles. The van der Waals surface area contributed by atoms with Gasteiger partial charge in [-0.3, -0.25) is 4.79 Å². The SMILES string of the molecule is CCCOC(=O)C(=CNc1ccc(Cl)c(C(=O)OC(C)C)c1Cl)C(C)=O. The Morgan fingerprint density at radius 3 is 2.42 bits per heavy atom. The van der Waals surface area contributed by atoms with E-state index in [1.54, 1.807) is 13.8 Å². The van der Waals surface area contributed by atoms with Crippen molar-refractivity contribution in [3.05, 3.63) is 39.5 Å². The van der Waals surface area contributed by atoms with Crippen LogP contribution in [-0.2, 0) is 19.1 Å². The second-order valence-electron chi connectivity index (χ2n) is 5.63. The van der Waals surface area contributed by atoms with E-state index in [0.29, 0.717) is 6.42 Å². The molecule has 0 amide bonds. The molecular weight excluding hydrogens is 381 g/mol. The lowest BCUT2D eigenvalue weighted by molar-refractivity contribution is -0.140. The number of hydrogen-bond acceptors (Lipinski definition) is 6. The number of benzene rings is 1. The van der Waals surface area contributed by atoms with Gasteiger partial charge in [0.2, 0.25) is 0 Å². The summed E-state index contributed by atoms with van der Waals surface area (Å²) in [5.41, 5.74) is 0.114. The van der Waals surface area contributed by atoms with E-state index in [-0.39, 0.29) is 39.6 Å². The van der Waals surface area contributed by atoms with E-state index in [2.05, 4.69) is 5.32 Å². The lowest BCUT2D eigenvalue weighted by atomic mass is 10.1. The number of carbonyl (C=O) groups excluding carboxylic acids is 3. The topological polar surface area (TPSA) is 81.7 Å². The highest BCUT2D eigenvalue weighted by atomic mass is 35.5. The van der Waals surface area contributed by atoms with Crippen LogP contribution in [0.25, 0.3) is 0 Å². The van der Waals surface area contributed by atoms with Crippen molar-refractivity contribution in [2.75, 3.05) is 11.9 Å². The van der Waals surface area contributed by atoms with Crippen LogP contribution >= 0.6 is 23.2 Å². The molecule has 0 saturated heterocycles. The highest BCUT2D eigenvalue weighted by Gasteiger charge is 2.21. The Bertz CT molecular complexity index is 729. The number of hydrogen-bond donors (Lipinski definition) is 1. The van der Waals surface area contributed by atoms with Gasteiger partial charge in [0.1, 0.15) is 5.57 Å². The highest BCUT2D eigenvalue weighted by molar-refractivity contribution is 6.41. The van der Waals surface area contributed by atoms with Crippen LogP contribution in [0.4, 0.5) is 5.69 Å². The smallest absolute Gasteiger partial charge is 0.343 e. The fourth-order valence-electron chi connectivity index (χ4n) is 1.85. The molecule has 1 aromatic carbocycles. The van der Waals surface area contributed by atoms with Crippen molar-refractivity contribution in [2.24, 2.45) is 0 Å². The lowest BCUT2D eigenvalue weighted by Gasteiger charge is -2.13. The zero-order valence-corrected chi connectivity index (χ0v) is 16.5. The fraction of sp³-hybridized carbons (Fsp3) is 0.389. The molecular formula is C18H21Cl2NO5. The van der Waals surface area contributed by atoms with Crippen LogP contribution in [0.1, 0.15) is 44.5 Å². The van der Waals surface area contributed by atoms with Gasteiger partial charge in [-0.25, -0.2) is 9.59 Å². The molecule has 0 heterocycles. The van der Waals surface area contributed by atoms with E-state index in [1.807, 2.05) is 6.92 Å². The summed E-state index contributed by atoms with van der Waals surface area (Å²) in [6.07, 6.45) is 1.48. The molecule has 0 radical (unpaired) electrons. The molecule has 0 unspecified atom stereocenters. The quantitative estimate of drug-likeness (QED) is 0.301. The number of nitrogens with one attached hydrogen (secondary N) is 1. The molecule has 0 aliphatic heterocycles. The zero-order valence-electron chi connectivity index (χ0n) is 15.0. The van der Waals surface area contributed by atoms with Gasteiger partial charge in [0.15, 0.2) is 5.78 Å². The first-order chi connectivity index (χ1) is 12.2. The van der Waals surface area contributed by atoms with Gasteiger partial charge in [-0.05, 0) is 39.3 Å². The number of halogens is 2. The maximum atomic E-state index is 12.2. The van der Waals surface area contributed by atoms with Gasteiger partial charge in [0, 0.05) is 6.20 Å². The van der Waals surface area contributed by atoms with Crippen LogP contribution in [-0.4, -0.2) is 30.4 Å². The van der Waals surface area contributed by atoms with Gasteiger partial charge in [-0.2, -0.15) is 0 Å². The molecule has 0 fully saturated rings. The minimum absolute atomic E-state index is 0.00151. The first-order valence-corrected chi connectivity index (χ1v) is 8.78. The summed E-state index contributed by atoms with van der Waals surface area (Å²) in [5, 5.41) is 2.89. The van der Waals surface area contributed by atoms with Gasteiger partial charge < -0.3 is 14.8 Å². The molecule has 0 atom stereocenters. The van der Waals surface area contributed by atoms with Gasteiger partial charge in [-0.1, -0.05) is 30.1 Å². The number of anilines is 1. The standard InChI is InChI=1S/C18H21Cl2NO5/c1-5-8-25-17(23)12(11(4)22)9-21-14-7-6-13(19)15(16(14)20)18(24)26-10(2)3/h6-7,9-10,21H,5,8H2,1-4H3. The molecule has 0 aliphatic carbocycles. The zero-order chi connectivity index (χ0) is 19.9. The van der Waals surface area contributed by atoms with Crippen molar-refractivity contribution < 1.29 is 23.9 Å². The third-order valence-electron chi connectivity index (χ3n) is 3.05. The van der Waals surface area contributed by atoms with E-state index >= 15 is 0 Å². The largest absolute Gasteiger partial charge is 0.462 e. The minimum Gasteiger partial charge on any atom is -0.462 e. The predicted molar refractivity (Wildman–Crippen MR) is 101 cm³/mol. The average Bonchev–Trinajstić information content (AvgIpc) is 2.54. The first kappa shape index (κ1) is 22.0. The Morgan fingerprint density at radius 1 is 1.23 bits per heavy atom. The summed E-state index contributed by atoms with van der Waals surface area (Å²) >= 11 is 12.3. The minimum atomic E-state index is -0.739. The van der Waals surface area contributed by atoms with Crippen LogP contribution < -0.4 is 5.32 Å². The van der Waals surface area contributed by atoms with Crippen molar-refractivity contribution in [3.8, 4) is 0 Å². The number of esters is 2. The fourth-order valence-corrected chi connectivity index (χ4v) is 2.43. The average molecular weight is 402 g/mol. The molecule has 142 valence electrons. The molecule has 8 heteroatoms. The van der Waals surface area contributed by atoms with Crippen molar-refractivity contribution >= 4 is 46.6 Å². The number of ketones is 1. The number of rotatable bonds is 8. The van der Waals surface area contributed by atoms with Gasteiger partial charge in [0.25, 0.3) is 0 Å². The predicted octanol–water partition coefficient (Wildman–Crippen LogP) is 4.40. The summed E-state index contributed by atoms with van der Waals surface area (Å²) in [4.78, 5) is 35.7. The van der Waals surface area contributed by atoms with Crippen LogP contribution in [0.3, 0.4) is 0 Å². The van der Waals surface area contributed by atoms with Crippen molar-refractivity contribution in [3.63, 3.8) is 0 Å². The number of ether oxygens (including phenoxy) is 2. The molecule has 1 N–H and O–H groups in total. The lowest BCUT2D eigenvalue weighted by Crippen LogP contribution is -2.16. The molecule has 0 aromatic heterocycles. The van der Waals surface area contributed by atoms with Crippen LogP contribution in [0.5, 0.6) is 0 Å². The molecule has 1 rings (SSSR count). The first-order valence-electron chi connectivity index (χ1n) is 8.02. The molecule has 0 spiro atoms. The van der Waals surface area contributed by atoms with Crippen molar-refractivity contribution in [2.45, 2.75) is 40.2 Å². The summed E-state index contributed by atoms with van der Waals surface area (Å²) in [5.74, 6) is -1.88. The number of carbonyl (C=O) groups is 3. The monoisotopic (exact) mass is 401 g/mol. The van der Waals surface area contributed by atoms with E-state index in [1.165, 1.54) is 25.3 Å². The second kappa shape index (κ2) is 10.2. The summed E-state index contributed by atoms with van der Waals surface area (Å²) < 4.78 is 10.1. The molecule has 0 bridgehead atoms. The normalized spacial score (nSPS) is 11.3. The molecule has 26 heavy (non-hydrogen) atoms. The van der Waals surface area contributed by atoms with E-state index < -0.39 is 17.7 Å². The van der Waals surface area contributed by atoms with Gasteiger partial charge in [-0.15, -0.1) is 0 Å². The maximum Gasteiger partial charge on any atom is 0.343 e. The number of Topliss-reactive ketones (excluding diaryl/α,β-unsaturated/α-hetero) is 1. The van der Waals surface area contributed by atoms with E-state index in [4.69, 9.17) is 32.7 Å². The summed E-state index contributed by atoms with van der Waals surface area (Å²) in [6, 6.07) is 2.98. The highest BCUT2D eigenvalue weighted by Crippen LogP contribution is 2.32. The Morgan fingerprint density at radius 2 is 1.88 bits per heavy atom. The van der Waals surface area contributed by atoms with Crippen LogP contribution in [0.15, 0.2) is 23.9 Å². The Balaban J connectivity index is 3.14. The van der Waals surface area contributed by atoms with Gasteiger partial charge in [0.05, 0.1) is 34.0 Å². The second-order valence-corrected chi connectivity index (χ2v) is 6.42. The molecule has 6 nitrogen and oxygen atoms in total.